The molecule has 4 N–H and O–H groups in total. The third kappa shape index (κ3) is 4.35. The minimum Gasteiger partial charge on any atom is -0.412 e. The molecule has 1 aliphatic carbocycles. The van der Waals surface area contributed by atoms with Gasteiger partial charge >= 0.3 is 0 Å². The first-order valence-corrected chi connectivity index (χ1v) is 7.00. The van der Waals surface area contributed by atoms with E-state index in [1.165, 1.54) is 31.2 Å². The van der Waals surface area contributed by atoms with Crippen molar-refractivity contribution in [1.82, 2.24) is 0 Å². The summed E-state index contributed by atoms with van der Waals surface area (Å²) in [5.41, 5.74) is 7.53. The summed E-state index contributed by atoms with van der Waals surface area (Å²) in [5.74, 6) is 0.718. The molecule has 0 spiro atoms. The summed E-state index contributed by atoms with van der Waals surface area (Å²) in [7, 11) is 0. The highest BCUT2D eigenvalue weighted by molar-refractivity contribution is 6.30. The van der Waals surface area contributed by atoms with E-state index in [0.717, 1.165) is 23.9 Å². The molecule has 0 aromatic heterocycles. The lowest BCUT2D eigenvalue weighted by Crippen LogP contribution is -2.36. The quantitative estimate of drug-likeness (QED) is 0.885. The van der Waals surface area contributed by atoms with E-state index in [9.17, 15) is 0 Å². The van der Waals surface area contributed by atoms with Crippen molar-refractivity contribution >= 4 is 24.0 Å². The Bertz CT molecular complexity index is 363. The molecule has 1 aromatic carbocycles. The number of rotatable bonds is 5. The third-order valence-corrected chi connectivity index (χ3v) is 4.42. The predicted octanol–water partition coefficient (Wildman–Crippen LogP) is 3.73. The van der Waals surface area contributed by atoms with Gasteiger partial charge in [-0.15, -0.1) is 12.4 Å². The molecule has 0 saturated heterocycles. The highest BCUT2D eigenvalue weighted by Crippen LogP contribution is 2.48. The number of hydrogen-bond acceptors (Lipinski definition) is 1. The van der Waals surface area contributed by atoms with Crippen LogP contribution in [0.5, 0.6) is 0 Å². The first-order chi connectivity index (χ1) is 8.16. The summed E-state index contributed by atoms with van der Waals surface area (Å²) in [4.78, 5) is 0. The number of hydrogen-bond donors (Lipinski definition) is 1. The highest BCUT2D eigenvalue weighted by atomic mass is 35.5. The molecule has 1 unspecified atom stereocenters. The van der Waals surface area contributed by atoms with Gasteiger partial charge < -0.3 is 11.2 Å². The van der Waals surface area contributed by atoms with Crippen molar-refractivity contribution in [2.24, 2.45) is 11.7 Å². The monoisotopic (exact) mass is 305 g/mol. The van der Waals surface area contributed by atoms with E-state index in [4.69, 9.17) is 17.3 Å². The molecule has 110 valence electrons. The molecule has 1 fully saturated rings. The molecular formula is C15H25Cl2NO. The van der Waals surface area contributed by atoms with Crippen molar-refractivity contribution in [3.63, 3.8) is 0 Å². The maximum Gasteiger partial charge on any atom is 0.0406 e. The molecule has 1 aromatic rings. The van der Waals surface area contributed by atoms with Crippen LogP contribution in [0.25, 0.3) is 0 Å². The fourth-order valence-corrected chi connectivity index (χ4v) is 3.20. The van der Waals surface area contributed by atoms with Crippen molar-refractivity contribution in [3.05, 3.63) is 34.9 Å². The van der Waals surface area contributed by atoms with Crippen molar-refractivity contribution in [2.75, 3.05) is 6.54 Å². The Morgan fingerprint density at radius 2 is 1.84 bits per heavy atom. The molecule has 0 amide bonds. The van der Waals surface area contributed by atoms with Gasteiger partial charge in [0.05, 0.1) is 0 Å². The van der Waals surface area contributed by atoms with Crippen LogP contribution in [0.4, 0.5) is 0 Å². The second-order valence-electron chi connectivity index (χ2n) is 5.53. The van der Waals surface area contributed by atoms with E-state index in [1.54, 1.807) is 0 Å². The number of nitrogens with two attached hydrogens (primary N) is 1. The van der Waals surface area contributed by atoms with Crippen LogP contribution < -0.4 is 5.73 Å². The van der Waals surface area contributed by atoms with E-state index in [-0.39, 0.29) is 17.9 Å². The molecule has 2 nitrogen and oxygen atoms in total. The normalized spacial score (nSPS) is 17.6. The minimum absolute atomic E-state index is 0. The summed E-state index contributed by atoms with van der Waals surface area (Å²) < 4.78 is 0. The fourth-order valence-electron chi connectivity index (χ4n) is 3.07. The van der Waals surface area contributed by atoms with Crippen LogP contribution in [-0.2, 0) is 5.41 Å². The second-order valence-corrected chi connectivity index (χ2v) is 5.96. The van der Waals surface area contributed by atoms with E-state index in [2.05, 4.69) is 19.1 Å². The van der Waals surface area contributed by atoms with Crippen molar-refractivity contribution in [2.45, 2.75) is 44.4 Å². The molecule has 2 rings (SSSR count). The summed E-state index contributed by atoms with van der Waals surface area (Å²) in [5, 5.41) is 0.832. The van der Waals surface area contributed by atoms with Crippen LogP contribution in [0.15, 0.2) is 24.3 Å². The van der Waals surface area contributed by atoms with Crippen LogP contribution >= 0.6 is 24.0 Å². The van der Waals surface area contributed by atoms with Gasteiger partial charge in [-0.1, -0.05) is 37.1 Å². The van der Waals surface area contributed by atoms with Gasteiger partial charge in [0, 0.05) is 5.02 Å². The Morgan fingerprint density at radius 3 is 2.26 bits per heavy atom. The van der Waals surface area contributed by atoms with Crippen molar-refractivity contribution in [3.8, 4) is 0 Å². The standard InChI is InChI=1S/C15H22ClN.ClH.H2O/c1-12(7-10-17)11-15(8-2-9-15)13-3-5-14(16)6-4-13;;/h3-6,12H,2,7-11,17H2,1H3;1H;1H2. The molecule has 19 heavy (non-hydrogen) atoms. The van der Waals surface area contributed by atoms with Crippen LogP contribution in [0.1, 0.15) is 44.6 Å². The van der Waals surface area contributed by atoms with Crippen LogP contribution in [0, 0.1) is 5.92 Å². The second kappa shape index (κ2) is 8.11. The lowest BCUT2D eigenvalue weighted by Gasteiger charge is -2.44. The molecule has 0 bridgehead atoms. The van der Waals surface area contributed by atoms with Gasteiger partial charge in [0.1, 0.15) is 0 Å². The number of benzene rings is 1. The maximum atomic E-state index is 5.96. The SMILES string of the molecule is CC(CCN)CC1(c2ccc(Cl)cc2)CCC1.Cl.O. The first kappa shape index (κ1) is 18.7. The Kier molecular flexibility index (Phi) is 7.99. The molecule has 1 aliphatic rings. The van der Waals surface area contributed by atoms with Gasteiger partial charge in [-0.25, -0.2) is 0 Å². The van der Waals surface area contributed by atoms with E-state index in [0.29, 0.717) is 5.41 Å². The van der Waals surface area contributed by atoms with E-state index < -0.39 is 0 Å². The molecule has 0 heterocycles. The van der Waals surface area contributed by atoms with Crippen LogP contribution in [0.3, 0.4) is 0 Å². The van der Waals surface area contributed by atoms with Crippen molar-refractivity contribution in [1.29, 1.82) is 0 Å². The first-order valence-electron chi connectivity index (χ1n) is 6.62. The van der Waals surface area contributed by atoms with Gasteiger partial charge in [0.25, 0.3) is 0 Å². The van der Waals surface area contributed by atoms with E-state index in [1.807, 2.05) is 12.1 Å². The van der Waals surface area contributed by atoms with Gasteiger partial charge in [0.2, 0.25) is 0 Å². The Morgan fingerprint density at radius 1 is 1.26 bits per heavy atom. The Hall–Kier alpha value is -0.280. The molecule has 0 aliphatic heterocycles. The fraction of sp³-hybridized carbons (Fsp3) is 0.600. The zero-order valence-electron chi connectivity index (χ0n) is 11.5. The van der Waals surface area contributed by atoms with Crippen molar-refractivity contribution < 1.29 is 5.48 Å². The number of halogens is 2. The minimum atomic E-state index is 0. The average molecular weight is 306 g/mol. The van der Waals surface area contributed by atoms with Gasteiger partial charge in [-0.3, -0.25) is 0 Å². The zero-order chi connectivity index (χ0) is 12.3. The Balaban J connectivity index is 0.00000162. The maximum absolute atomic E-state index is 5.96. The highest BCUT2D eigenvalue weighted by Gasteiger charge is 2.39. The molecule has 1 saturated carbocycles. The summed E-state index contributed by atoms with van der Waals surface area (Å²) >= 11 is 5.96. The van der Waals surface area contributed by atoms with Gasteiger partial charge in [0.15, 0.2) is 0 Å². The molecule has 1 atom stereocenters. The predicted molar refractivity (Wildman–Crippen MR) is 85.3 cm³/mol. The summed E-state index contributed by atoms with van der Waals surface area (Å²) in [6, 6.07) is 8.45. The molecular weight excluding hydrogens is 281 g/mol. The van der Waals surface area contributed by atoms with Gasteiger partial charge in [-0.2, -0.15) is 0 Å². The Labute approximate surface area is 127 Å². The lowest BCUT2D eigenvalue weighted by molar-refractivity contribution is 0.191. The van der Waals surface area contributed by atoms with E-state index >= 15 is 0 Å². The third-order valence-electron chi connectivity index (χ3n) is 4.17. The van der Waals surface area contributed by atoms with Crippen LogP contribution in [0.2, 0.25) is 5.02 Å². The largest absolute Gasteiger partial charge is 0.412 e. The van der Waals surface area contributed by atoms with Gasteiger partial charge in [-0.05, 0) is 61.3 Å². The topological polar surface area (TPSA) is 57.5 Å². The summed E-state index contributed by atoms with van der Waals surface area (Å²) in [6.07, 6.45) is 6.41. The molecule has 0 radical (unpaired) electrons. The molecule has 4 heteroatoms. The summed E-state index contributed by atoms with van der Waals surface area (Å²) in [6.45, 7) is 3.13. The average Bonchev–Trinajstić information content (AvgIpc) is 2.25. The van der Waals surface area contributed by atoms with Crippen LogP contribution in [-0.4, -0.2) is 12.0 Å². The zero-order valence-corrected chi connectivity index (χ0v) is 13.1. The lowest BCUT2D eigenvalue weighted by atomic mass is 9.60. The smallest absolute Gasteiger partial charge is 0.0406 e.